The van der Waals surface area contributed by atoms with Gasteiger partial charge in [-0.15, -0.1) is 0 Å². The minimum Gasteiger partial charge on any atom is -0.459 e. The van der Waals surface area contributed by atoms with E-state index in [-0.39, 0.29) is 0 Å². The molecule has 2 heteroatoms. The van der Waals surface area contributed by atoms with Crippen molar-refractivity contribution in [2.45, 2.75) is 58.5 Å². The first-order chi connectivity index (χ1) is 9.33. The number of furan rings is 1. The average Bonchev–Trinajstić information content (AvgIpc) is 3.20. The van der Waals surface area contributed by atoms with Crippen LogP contribution in [0.5, 0.6) is 0 Å². The number of benzene rings is 1. The van der Waals surface area contributed by atoms with Crippen molar-refractivity contribution in [2.24, 2.45) is 0 Å². The molecule has 0 aliphatic heterocycles. The van der Waals surface area contributed by atoms with Gasteiger partial charge < -0.3 is 9.73 Å². The van der Waals surface area contributed by atoms with Gasteiger partial charge in [-0.3, -0.25) is 0 Å². The number of nitrogens with one attached hydrogen (secondary N) is 1. The molecule has 3 rings (SSSR count). The summed E-state index contributed by atoms with van der Waals surface area (Å²) < 4.78 is 6.19. The highest BCUT2D eigenvalue weighted by Crippen LogP contribution is 2.30. The van der Waals surface area contributed by atoms with Gasteiger partial charge in [0, 0.05) is 17.0 Å². The lowest BCUT2D eigenvalue weighted by Gasteiger charge is -2.02. The Kier molecular flexibility index (Phi) is 3.61. The highest BCUT2D eigenvalue weighted by molar-refractivity contribution is 5.85. The van der Waals surface area contributed by atoms with E-state index in [0.29, 0.717) is 0 Å². The molecule has 0 bridgehead atoms. The van der Waals surface area contributed by atoms with Gasteiger partial charge in [0.15, 0.2) is 0 Å². The molecule has 0 unspecified atom stereocenters. The summed E-state index contributed by atoms with van der Waals surface area (Å²) in [7, 11) is 0. The molecule has 1 N–H and O–H groups in total. The van der Waals surface area contributed by atoms with Crippen LogP contribution in [0.4, 0.5) is 0 Å². The minimum atomic E-state index is 0.730. The van der Waals surface area contributed by atoms with E-state index in [1.165, 1.54) is 35.8 Å². The van der Waals surface area contributed by atoms with Crippen LogP contribution in [0.1, 0.15) is 50.0 Å². The van der Waals surface area contributed by atoms with Crippen molar-refractivity contribution in [3.8, 4) is 0 Å². The van der Waals surface area contributed by atoms with Crippen molar-refractivity contribution in [1.29, 1.82) is 0 Å². The quantitative estimate of drug-likeness (QED) is 0.839. The lowest BCUT2D eigenvalue weighted by atomic mass is 10.0. The third-order valence-electron chi connectivity index (χ3n) is 3.99. The minimum absolute atomic E-state index is 0.730. The molecular formula is C17H23NO. The maximum Gasteiger partial charge on any atom is 0.137 e. The molecular weight excluding hydrogens is 234 g/mol. The molecule has 0 radical (unpaired) electrons. The van der Waals surface area contributed by atoms with Gasteiger partial charge in [-0.05, 0) is 31.2 Å². The fraction of sp³-hybridized carbons (Fsp3) is 0.529. The maximum atomic E-state index is 6.19. The average molecular weight is 257 g/mol. The zero-order valence-corrected chi connectivity index (χ0v) is 12.0. The van der Waals surface area contributed by atoms with E-state index in [1.54, 1.807) is 0 Å². The SMILES string of the molecule is CCCc1c(CNC2CC2)oc2c(CC)cccc12. The fourth-order valence-electron chi connectivity index (χ4n) is 2.75. The zero-order valence-electron chi connectivity index (χ0n) is 12.0. The van der Waals surface area contributed by atoms with E-state index in [2.05, 4.69) is 37.4 Å². The van der Waals surface area contributed by atoms with Crippen LogP contribution in [0.15, 0.2) is 22.6 Å². The molecule has 1 fully saturated rings. The summed E-state index contributed by atoms with van der Waals surface area (Å²) in [5.41, 5.74) is 3.86. The smallest absolute Gasteiger partial charge is 0.137 e. The van der Waals surface area contributed by atoms with Gasteiger partial charge in [-0.1, -0.05) is 38.5 Å². The number of rotatable bonds is 6. The van der Waals surface area contributed by atoms with Crippen molar-refractivity contribution >= 4 is 11.0 Å². The van der Waals surface area contributed by atoms with Gasteiger partial charge in [0.1, 0.15) is 11.3 Å². The van der Waals surface area contributed by atoms with Crippen LogP contribution < -0.4 is 5.32 Å². The first kappa shape index (κ1) is 12.7. The fourth-order valence-corrected chi connectivity index (χ4v) is 2.75. The lowest BCUT2D eigenvalue weighted by Crippen LogP contribution is -2.15. The van der Waals surface area contributed by atoms with E-state index in [9.17, 15) is 0 Å². The summed E-state index contributed by atoms with van der Waals surface area (Å²) >= 11 is 0. The van der Waals surface area contributed by atoms with Gasteiger partial charge in [-0.2, -0.15) is 0 Å². The third-order valence-corrected chi connectivity index (χ3v) is 3.99. The van der Waals surface area contributed by atoms with Crippen molar-refractivity contribution < 1.29 is 4.42 Å². The standard InChI is InChI=1S/C17H23NO/c1-3-6-14-15-8-5-7-12(4-2)17(15)19-16(14)11-18-13-9-10-13/h5,7-8,13,18H,3-4,6,9-11H2,1-2H3. The van der Waals surface area contributed by atoms with Crippen molar-refractivity contribution in [3.63, 3.8) is 0 Å². The Morgan fingerprint density at radius 2 is 2.11 bits per heavy atom. The molecule has 1 saturated carbocycles. The predicted molar refractivity (Wildman–Crippen MR) is 79.4 cm³/mol. The number of fused-ring (bicyclic) bond motifs is 1. The largest absolute Gasteiger partial charge is 0.459 e. The van der Waals surface area contributed by atoms with Crippen LogP contribution in [0, 0.1) is 0 Å². The Labute approximate surface area is 115 Å². The van der Waals surface area contributed by atoms with E-state index in [4.69, 9.17) is 4.42 Å². The Balaban J connectivity index is 1.99. The Bertz CT molecular complexity index is 566. The third kappa shape index (κ3) is 2.55. The number of para-hydroxylation sites is 1. The Morgan fingerprint density at radius 3 is 2.79 bits per heavy atom. The van der Waals surface area contributed by atoms with E-state index in [1.807, 2.05) is 0 Å². The monoisotopic (exact) mass is 257 g/mol. The van der Waals surface area contributed by atoms with Gasteiger partial charge in [0.25, 0.3) is 0 Å². The van der Waals surface area contributed by atoms with Gasteiger partial charge in [0.05, 0.1) is 6.54 Å². The predicted octanol–water partition coefficient (Wildman–Crippen LogP) is 4.20. The van der Waals surface area contributed by atoms with Crippen LogP contribution in [0.3, 0.4) is 0 Å². The van der Waals surface area contributed by atoms with Crippen molar-refractivity contribution in [1.82, 2.24) is 5.32 Å². The highest BCUT2D eigenvalue weighted by Gasteiger charge is 2.22. The first-order valence-corrected chi connectivity index (χ1v) is 7.59. The molecule has 0 spiro atoms. The first-order valence-electron chi connectivity index (χ1n) is 7.59. The van der Waals surface area contributed by atoms with Gasteiger partial charge in [-0.25, -0.2) is 0 Å². The van der Waals surface area contributed by atoms with Gasteiger partial charge >= 0.3 is 0 Å². The number of hydrogen-bond acceptors (Lipinski definition) is 2. The highest BCUT2D eigenvalue weighted by atomic mass is 16.3. The molecule has 0 amide bonds. The summed E-state index contributed by atoms with van der Waals surface area (Å²) in [4.78, 5) is 0. The van der Waals surface area contributed by atoms with E-state index >= 15 is 0 Å². The Hall–Kier alpha value is -1.28. The van der Waals surface area contributed by atoms with Gasteiger partial charge in [0.2, 0.25) is 0 Å². The second-order valence-electron chi connectivity index (χ2n) is 5.56. The molecule has 2 aromatic rings. The maximum absolute atomic E-state index is 6.19. The Morgan fingerprint density at radius 1 is 1.26 bits per heavy atom. The molecule has 1 aliphatic carbocycles. The summed E-state index contributed by atoms with van der Waals surface area (Å²) in [5, 5.41) is 4.90. The van der Waals surface area contributed by atoms with Crippen LogP contribution in [-0.2, 0) is 19.4 Å². The normalized spacial score (nSPS) is 15.3. The lowest BCUT2D eigenvalue weighted by molar-refractivity contribution is 0.504. The van der Waals surface area contributed by atoms with Crippen LogP contribution in [0.2, 0.25) is 0 Å². The molecule has 2 nitrogen and oxygen atoms in total. The van der Waals surface area contributed by atoms with Crippen LogP contribution >= 0.6 is 0 Å². The summed E-state index contributed by atoms with van der Waals surface area (Å²) in [6.07, 6.45) is 5.96. The summed E-state index contributed by atoms with van der Waals surface area (Å²) in [5.74, 6) is 1.16. The molecule has 0 atom stereocenters. The van der Waals surface area contributed by atoms with Crippen LogP contribution in [-0.4, -0.2) is 6.04 Å². The van der Waals surface area contributed by atoms with Crippen molar-refractivity contribution in [3.05, 3.63) is 35.1 Å². The molecule has 0 saturated heterocycles. The number of hydrogen-bond donors (Lipinski definition) is 1. The molecule has 1 aliphatic rings. The van der Waals surface area contributed by atoms with Crippen molar-refractivity contribution in [2.75, 3.05) is 0 Å². The second-order valence-corrected chi connectivity index (χ2v) is 5.56. The molecule has 1 heterocycles. The van der Waals surface area contributed by atoms with Crippen LogP contribution in [0.25, 0.3) is 11.0 Å². The zero-order chi connectivity index (χ0) is 13.2. The topological polar surface area (TPSA) is 25.2 Å². The molecule has 102 valence electrons. The molecule has 1 aromatic heterocycles. The van der Waals surface area contributed by atoms with E-state index in [0.717, 1.165) is 36.8 Å². The molecule has 1 aromatic carbocycles. The van der Waals surface area contributed by atoms with E-state index < -0.39 is 0 Å². The summed E-state index contributed by atoms with van der Waals surface area (Å²) in [6, 6.07) is 7.28. The summed E-state index contributed by atoms with van der Waals surface area (Å²) in [6.45, 7) is 5.32. The number of aryl methyl sites for hydroxylation is 2. The second kappa shape index (κ2) is 5.38. The molecule has 19 heavy (non-hydrogen) atoms.